The molecule has 1 aliphatic rings. The molecular weight excluding hydrogens is 150 g/mol. The summed E-state index contributed by atoms with van der Waals surface area (Å²) in [4.78, 5) is 0. The van der Waals surface area contributed by atoms with Gasteiger partial charge in [0.1, 0.15) is 0 Å². The summed E-state index contributed by atoms with van der Waals surface area (Å²) in [5, 5.41) is 0. The quantitative estimate of drug-likeness (QED) is 0.701. The van der Waals surface area contributed by atoms with Crippen molar-refractivity contribution in [1.82, 2.24) is 0 Å². The molecule has 0 aliphatic carbocycles. The van der Waals surface area contributed by atoms with Gasteiger partial charge < -0.3 is 10.5 Å². The second-order valence-corrected chi connectivity index (χ2v) is 3.71. The summed E-state index contributed by atoms with van der Waals surface area (Å²) in [6, 6.07) is 0.266. The topological polar surface area (TPSA) is 35.2 Å². The average Bonchev–Trinajstić information content (AvgIpc) is 2.58. The van der Waals surface area contributed by atoms with Crippen molar-refractivity contribution < 1.29 is 4.74 Å². The highest BCUT2D eigenvalue weighted by molar-refractivity contribution is 4.82. The van der Waals surface area contributed by atoms with Crippen molar-refractivity contribution in [2.75, 3.05) is 6.61 Å². The maximum Gasteiger partial charge on any atom is 0.0729 e. The highest BCUT2D eigenvalue weighted by atomic mass is 16.5. The fourth-order valence-corrected chi connectivity index (χ4v) is 2.04. The van der Waals surface area contributed by atoms with Gasteiger partial charge in [-0.3, -0.25) is 0 Å². The molecule has 0 aromatic carbocycles. The van der Waals surface area contributed by atoms with Crippen LogP contribution in [0.2, 0.25) is 0 Å². The second kappa shape index (κ2) is 4.83. The first-order valence-corrected chi connectivity index (χ1v) is 5.16. The maximum absolute atomic E-state index is 6.12. The van der Waals surface area contributed by atoms with Crippen LogP contribution in [0.3, 0.4) is 0 Å². The Morgan fingerprint density at radius 1 is 1.42 bits per heavy atom. The van der Waals surface area contributed by atoms with Gasteiger partial charge >= 0.3 is 0 Å². The van der Waals surface area contributed by atoms with E-state index in [1.807, 2.05) is 0 Å². The molecular formula is C10H21NO. The first-order chi connectivity index (χ1) is 5.79. The van der Waals surface area contributed by atoms with Crippen molar-refractivity contribution in [3.63, 3.8) is 0 Å². The molecule has 2 N–H and O–H groups in total. The van der Waals surface area contributed by atoms with Crippen LogP contribution in [-0.4, -0.2) is 18.8 Å². The largest absolute Gasteiger partial charge is 0.377 e. The van der Waals surface area contributed by atoms with Crippen molar-refractivity contribution in [2.45, 2.75) is 51.7 Å². The van der Waals surface area contributed by atoms with Gasteiger partial charge in [-0.15, -0.1) is 0 Å². The lowest BCUT2D eigenvalue weighted by Crippen LogP contribution is -2.40. The molecule has 0 amide bonds. The van der Waals surface area contributed by atoms with E-state index in [9.17, 15) is 0 Å². The van der Waals surface area contributed by atoms with Gasteiger partial charge in [-0.05, 0) is 18.8 Å². The van der Waals surface area contributed by atoms with E-state index in [0.717, 1.165) is 13.0 Å². The third kappa shape index (κ3) is 2.20. The molecule has 2 heteroatoms. The maximum atomic E-state index is 6.12. The average molecular weight is 171 g/mol. The molecule has 0 saturated carbocycles. The minimum atomic E-state index is 0.266. The summed E-state index contributed by atoms with van der Waals surface area (Å²) in [6.45, 7) is 5.34. The summed E-state index contributed by atoms with van der Waals surface area (Å²) in [5.41, 5.74) is 6.12. The Bertz CT molecular complexity index is 115. The smallest absolute Gasteiger partial charge is 0.0729 e. The van der Waals surface area contributed by atoms with Crippen LogP contribution in [0.1, 0.15) is 39.5 Å². The fraction of sp³-hybridized carbons (Fsp3) is 1.00. The summed E-state index contributed by atoms with van der Waals surface area (Å²) >= 11 is 0. The number of ether oxygens (including phenoxy) is 1. The molecule has 0 radical (unpaired) electrons. The van der Waals surface area contributed by atoms with Crippen LogP contribution in [0.15, 0.2) is 0 Å². The van der Waals surface area contributed by atoms with Crippen LogP contribution in [-0.2, 0) is 4.74 Å². The molecule has 1 aliphatic heterocycles. The van der Waals surface area contributed by atoms with Crippen LogP contribution < -0.4 is 5.73 Å². The molecule has 1 rings (SSSR count). The monoisotopic (exact) mass is 171 g/mol. The summed E-state index contributed by atoms with van der Waals surface area (Å²) < 4.78 is 5.57. The van der Waals surface area contributed by atoms with Gasteiger partial charge in [0.25, 0.3) is 0 Å². The van der Waals surface area contributed by atoms with E-state index in [1.165, 1.54) is 19.3 Å². The van der Waals surface area contributed by atoms with Crippen LogP contribution in [0.5, 0.6) is 0 Å². The van der Waals surface area contributed by atoms with Gasteiger partial charge in [0.15, 0.2) is 0 Å². The lowest BCUT2D eigenvalue weighted by Gasteiger charge is -2.26. The third-order valence-corrected chi connectivity index (χ3v) is 2.99. The fourth-order valence-electron chi connectivity index (χ4n) is 2.04. The normalized spacial score (nSPS) is 26.5. The SMILES string of the molecule is CCC(CC)C(N)C1CCCO1. The van der Waals surface area contributed by atoms with Crippen molar-refractivity contribution in [1.29, 1.82) is 0 Å². The van der Waals surface area contributed by atoms with Crippen molar-refractivity contribution >= 4 is 0 Å². The van der Waals surface area contributed by atoms with Gasteiger partial charge in [-0.25, -0.2) is 0 Å². The Morgan fingerprint density at radius 3 is 2.50 bits per heavy atom. The van der Waals surface area contributed by atoms with Gasteiger partial charge in [0, 0.05) is 12.6 Å². The molecule has 2 atom stereocenters. The standard InChI is InChI=1S/C10H21NO/c1-3-8(4-2)10(11)9-6-5-7-12-9/h8-10H,3-7,11H2,1-2H3. The molecule has 0 aromatic heterocycles. The molecule has 2 nitrogen and oxygen atoms in total. The van der Waals surface area contributed by atoms with Crippen molar-refractivity contribution in [3.8, 4) is 0 Å². The molecule has 1 saturated heterocycles. The molecule has 1 heterocycles. The second-order valence-electron chi connectivity index (χ2n) is 3.71. The Labute approximate surface area is 75.5 Å². The predicted molar refractivity (Wildman–Crippen MR) is 51.0 cm³/mol. The summed E-state index contributed by atoms with van der Waals surface area (Å²) in [7, 11) is 0. The van der Waals surface area contributed by atoms with E-state index in [1.54, 1.807) is 0 Å². The Kier molecular flexibility index (Phi) is 4.02. The lowest BCUT2D eigenvalue weighted by molar-refractivity contribution is 0.0701. The Hall–Kier alpha value is -0.0800. The Balaban J connectivity index is 2.37. The molecule has 0 spiro atoms. The van der Waals surface area contributed by atoms with Gasteiger partial charge in [-0.2, -0.15) is 0 Å². The van der Waals surface area contributed by atoms with Crippen molar-refractivity contribution in [2.24, 2.45) is 11.7 Å². The zero-order chi connectivity index (χ0) is 8.97. The van der Waals surface area contributed by atoms with E-state index in [4.69, 9.17) is 10.5 Å². The number of nitrogens with two attached hydrogens (primary N) is 1. The van der Waals surface area contributed by atoms with Gasteiger partial charge in [0.05, 0.1) is 6.10 Å². The van der Waals surface area contributed by atoms with E-state index >= 15 is 0 Å². The minimum Gasteiger partial charge on any atom is -0.377 e. The minimum absolute atomic E-state index is 0.266. The van der Waals surface area contributed by atoms with Crippen LogP contribution in [0.25, 0.3) is 0 Å². The number of rotatable bonds is 4. The van der Waals surface area contributed by atoms with Crippen LogP contribution in [0.4, 0.5) is 0 Å². The molecule has 2 unspecified atom stereocenters. The lowest BCUT2D eigenvalue weighted by atomic mass is 9.90. The molecule has 12 heavy (non-hydrogen) atoms. The predicted octanol–water partition coefficient (Wildman–Crippen LogP) is 1.93. The van der Waals surface area contributed by atoms with Crippen LogP contribution in [0, 0.1) is 5.92 Å². The molecule has 72 valence electrons. The summed E-state index contributed by atoms with van der Waals surface area (Å²) in [6.07, 6.45) is 5.06. The number of hydrogen-bond acceptors (Lipinski definition) is 2. The molecule has 0 bridgehead atoms. The van der Waals surface area contributed by atoms with Crippen molar-refractivity contribution in [3.05, 3.63) is 0 Å². The molecule has 0 aromatic rings. The first kappa shape index (κ1) is 10.0. The Morgan fingerprint density at radius 2 is 2.08 bits per heavy atom. The van der Waals surface area contributed by atoms with E-state index in [2.05, 4.69) is 13.8 Å². The van der Waals surface area contributed by atoms with E-state index in [0.29, 0.717) is 12.0 Å². The van der Waals surface area contributed by atoms with E-state index in [-0.39, 0.29) is 6.04 Å². The van der Waals surface area contributed by atoms with Gasteiger partial charge in [0.2, 0.25) is 0 Å². The molecule has 1 fully saturated rings. The zero-order valence-corrected chi connectivity index (χ0v) is 8.25. The third-order valence-electron chi connectivity index (χ3n) is 2.99. The number of hydrogen-bond donors (Lipinski definition) is 1. The van der Waals surface area contributed by atoms with Gasteiger partial charge in [-0.1, -0.05) is 26.7 Å². The summed E-state index contributed by atoms with van der Waals surface area (Å²) in [5.74, 6) is 0.646. The highest BCUT2D eigenvalue weighted by Gasteiger charge is 2.27. The first-order valence-electron chi connectivity index (χ1n) is 5.16. The highest BCUT2D eigenvalue weighted by Crippen LogP contribution is 2.22. The zero-order valence-electron chi connectivity index (χ0n) is 8.25. The van der Waals surface area contributed by atoms with Crippen LogP contribution >= 0.6 is 0 Å². The van der Waals surface area contributed by atoms with E-state index < -0.39 is 0 Å².